The van der Waals surface area contributed by atoms with Crippen LogP contribution in [0.15, 0.2) is 40.6 Å². The molecule has 0 saturated carbocycles. The number of carbonyl (C=O) groups is 1. The monoisotopic (exact) mass is 422 g/mol. The molecule has 0 atom stereocenters. The summed E-state index contributed by atoms with van der Waals surface area (Å²) in [5, 5.41) is 13.9. The minimum absolute atomic E-state index is 0.0732. The van der Waals surface area contributed by atoms with Crippen molar-refractivity contribution in [2.75, 3.05) is 26.2 Å². The van der Waals surface area contributed by atoms with Gasteiger partial charge >= 0.3 is 0 Å². The van der Waals surface area contributed by atoms with Crippen LogP contribution in [0.25, 0.3) is 6.08 Å². The van der Waals surface area contributed by atoms with Crippen LogP contribution in [0.5, 0.6) is 0 Å². The number of aromatic nitrogens is 1. The number of hydrogen-bond donors (Lipinski definition) is 0. The largest absolute Gasteiger partial charge is 0.337 e. The molecule has 3 rings (SSSR count). The molecule has 0 N–H and O–H groups in total. The van der Waals surface area contributed by atoms with Gasteiger partial charge in [0.25, 0.3) is 5.69 Å². The highest BCUT2D eigenvalue weighted by atomic mass is 32.2. The number of hydrogen-bond acceptors (Lipinski definition) is 7. The molecule has 9 nitrogen and oxygen atoms in total. The van der Waals surface area contributed by atoms with Crippen LogP contribution < -0.4 is 0 Å². The summed E-state index contributed by atoms with van der Waals surface area (Å²) < 4.78 is 26.8. The average molecular weight is 422 g/mol. The lowest BCUT2D eigenvalue weighted by molar-refractivity contribution is -0.387. The van der Waals surface area contributed by atoms with Gasteiger partial charge in [0.1, 0.15) is 0 Å². The lowest BCUT2D eigenvalue weighted by Crippen LogP contribution is -2.50. The fraction of sp³-hybridized carbons (Fsp3) is 0.294. The van der Waals surface area contributed by atoms with Crippen LogP contribution >= 0.6 is 11.3 Å². The Bertz CT molecular complexity index is 1020. The van der Waals surface area contributed by atoms with E-state index >= 15 is 0 Å². The lowest BCUT2D eigenvalue weighted by atomic mass is 10.3. The number of nitro benzene ring substituents is 1. The summed E-state index contributed by atoms with van der Waals surface area (Å²) in [7, 11) is -4.01. The van der Waals surface area contributed by atoms with Crippen LogP contribution in [0, 0.1) is 17.0 Å². The van der Waals surface area contributed by atoms with E-state index < -0.39 is 20.6 Å². The number of piperazine rings is 1. The van der Waals surface area contributed by atoms with Gasteiger partial charge in [-0.05, 0) is 19.1 Å². The third kappa shape index (κ3) is 4.26. The zero-order chi connectivity index (χ0) is 20.3. The molecular formula is C17H18N4O5S2. The maximum atomic E-state index is 12.8. The molecular weight excluding hydrogens is 404 g/mol. The number of carbonyl (C=O) groups excluding carboxylic acids is 1. The first-order chi connectivity index (χ1) is 13.3. The van der Waals surface area contributed by atoms with E-state index in [-0.39, 0.29) is 37.0 Å². The number of amides is 1. The van der Waals surface area contributed by atoms with Crippen LogP contribution in [-0.2, 0) is 14.8 Å². The number of nitro groups is 1. The van der Waals surface area contributed by atoms with Gasteiger partial charge in [0.05, 0.1) is 15.6 Å². The van der Waals surface area contributed by atoms with Gasteiger partial charge in [0.15, 0.2) is 4.90 Å². The molecule has 1 fully saturated rings. The predicted molar refractivity (Wildman–Crippen MR) is 104 cm³/mol. The third-order valence-electron chi connectivity index (χ3n) is 4.26. The first-order valence-corrected chi connectivity index (χ1v) is 10.7. The van der Waals surface area contributed by atoms with Gasteiger partial charge in [-0.25, -0.2) is 13.4 Å². The molecule has 28 heavy (non-hydrogen) atoms. The van der Waals surface area contributed by atoms with E-state index in [1.807, 2.05) is 12.3 Å². The van der Waals surface area contributed by atoms with E-state index in [1.165, 1.54) is 39.9 Å². The standard InChI is InChI=1S/C17H18N4O5S2/c1-13-18-14(12-27-13)6-7-17(22)19-8-10-20(11-9-19)28(25,26)16-5-3-2-4-15(16)21(23)24/h2-7,12H,8-11H2,1H3/b7-6+. The van der Waals surface area contributed by atoms with Crippen LogP contribution in [0.4, 0.5) is 5.69 Å². The maximum absolute atomic E-state index is 12.8. The molecule has 1 aliphatic heterocycles. The molecule has 2 aromatic rings. The second-order valence-corrected chi connectivity index (χ2v) is 9.05. The van der Waals surface area contributed by atoms with E-state index in [0.29, 0.717) is 5.69 Å². The number of para-hydroxylation sites is 1. The number of rotatable bonds is 5. The molecule has 0 bridgehead atoms. The highest BCUT2D eigenvalue weighted by Gasteiger charge is 2.34. The van der Waals surface area contributed by atoms with E-state index in [2.05, 4.69) is 4.98 Å². The van der Waals surface area contributed by atoms with Gasteiger partial charge in [0.2, 0.25) is 15.9 Å². The van der Waals surface area contributed by atoms with Crippen LogP contribution in [0.1, 0.15) is 10.7 Å². The number of nitrogens with zero attached hydrogens (tertiary/aromatic N) is 4. The first-order valence-electron chi connectivity index (χ1n) is 8.42. The van der Waals surface area contributed by atoms with Gasteiger partial charge in [-0.2, -0.15) is 4.31 Å². The summed E-state index contributed by atoms with van der Waals surface area (Å²) in [5.41, 5.74) is 0.246. The highest BCUT2D eigenvalue weighted by molar-refractivity contribution is 7.89. The third-order valence-corrected chi connectivity index (χ3v) is 7.00. The second-order valence-electron chi connectivity index (χ2n) is 6.08. The zero-order valence-corrected chi connectivity index (χ0v) is 16.6. The fourth-order valence-corrected chi connectivity index (χ4v) is 4.99. The van der Waals surface area contributed by atoms with Gasteiger partial charge in [-0.1, -0.05) is 12.1 Å². The summed E-state index contributed by atoms with van der Waals surface area (Å²) in [6.45, 7) is 2.44. The second kappa shape index (κ2) is 8.17. The number of thiazole rings is 1. The first kappa shape index (κ1) is 20.1. The van der Waals surface area contributed by atoms with E-state index in [9.17, 15) is 23.3 Å². The molecule has 148 valence electrons. The van der Waals surface area contributed by atoms with Crippen molar-refractivity contribution < 1.29 is 18.1 Å². The molecule has 2 heterocycles. The molecule has 0 unspecified atom stereocenters. The Hall–Kier alpha value is -2.63. The fourth-order valence-electron chi connectivity index (χ4n) is 2.83. The lowest BCUT2D eigenvalue weighted by Gasteiger charge is -2.33. The Morgan fingerprint density at radius 1 is 1.25 bits per heavy atom. The Morgan fingerprint density at radius 2 is 1.93 bits per heavy atom. The minimum Gasteiger partial charge on any atom is -0.337 e. The van der Waals surface area contributed by atoms with Gasteiger partial charge < -0.3 is 4.90 Å². The average Bonchev–Trinajstić information content (AvgIpc) is 3.11. The number of benzene rings is 1. The topological polar surface area (TPSA) is 114 Å². The molecule has 0 radical (unpaired) electrons. The van der Waals surface area contributed by atoms with E-state index in [0.717, 1.165) is 11.1 Å². The molecule has 0 spiro atoms. The van der Waals surface area contributed by atoms with Crippen molar-refractivity contribution in [2.45, 2.75) is 11.8 Å². The van der Waals surface area contributed by atoms with Crippen LogP contribution in [-0.4, -0.2) is 59.6 Å². The number of aryl methyl sites for hydroxylation is 1. The molecule has 1 amide bonds. The van der Waals surface area contributed by atoms with Crippen LogP contribution in [0.2, 0.25) is 0 Å². The smallest absolute Gasteiger partial charge is 0.289 e. The summed E-state index contributed by atoms with van der Waals surface area (Å²) in [6.07, 6.45) is 3.04. The molecule has 1 aliphatic rings. The number of sulfonamides is 1. The van der Waals surface area contributed by atoms with Crippen molar-refractivity contribution in [3.63, 3.8) is 0 Å². The predicted octanol–water partition coefficient (Wildman–Crippen LogP) is 1.91. The van der Waals surface area contributed by atoms with E-state index in [4.69, 9.17) is 0 Å². The zero-order valence-electron chi connectivity index (χ0n) is 15.0. The highest BCUT2D eigenvalue weighted by Crippen LogP contribution is 2.27. The summed E-state index contributed by atoms with van der Waals surface area (Å²) >= 11 is 1.49. The van der Waals surface area contributed by atoms with Gasteiger partial charge in [-0.15, -0.1) is 11.3 Å². The molecule has 0 aliphatic carbocycles. The van der Waals surface area contributed by atoms with Gasteiger partial charge in [0, 0.05) is 43.7 Å². The van der Waals surface area contributed by atoms with E-state index in [1.54, 1.807) is 11.0 Å². The van der Waals surface area contributed by atoms with Crippen molar-refractivity contribution in [3.8, 4) is 0 Å². The molecule has 1 aromatic carbocycles. The summed E-state index contributed by atoms with van der Waals surface area (Å²) in [6, 6.07) is 5.26. The Balaban J connectivity index is 1.67. The summed E-state index contributed by atoms with van der Waals surface area (Å²) in [5.74, 6) is -0.228. The minimum atomic E-state index is -4.01. The molecule has 11 heteroatoms. The summed E-state index contributed by atoms with van der Waals surface area (Å²) in [4.78, 5) is 28.2. The SMILES string of the molecule is Cc1nc(/C=C/C(=O)N2CCN(S(=O)(=O)c3ccccc3[N+](=O)[O-])CC2)cs1. The maximum Gasteiger partial charge on any atom is 0.289 e. The van der Waals surface area contributed by atoms with Crippen molar-refractivity contribution in [2.24, 2.45) is 0 Å². The molecule has 1 aromatic heterocycles. The normalized spacial score (nSPS) is 15.8. The van der Waals surface area contributed by atoms with Crippen molar-refractivity contribution in [1.82, 2.24) is 14.2 Å². The Kier molecular flexibility index (Phi) is 5.87. The van der Waals surface area contributed by atoms with Gasteiger partial charge in [-0.3, -0.25) is 14.9 Å². The quantitative estimate of drug-likeness (QED) is 0.413. The van der Waals surface area contributed by atoms with Crippen molar-refractivity contribution in [1.29, 1.82) is 0 Å². The molecule has 1 saturated heterocycles. The van der Waals surface area contributed by atoms with Crippen LogP contribution in [0.3, 0.4) is 0 Å². The van der Waals surface area contributed by atoms with Crippen molar-refractivity contribution >= 4 is 39.0 Å². The Morgan fingerprint density at radius 3 is 2.54 bits per heavy atom. The van der Waals surface area contributed by atoms with Crippen molar-refractivity contribution in [3.05, 3.63) is 56.5 Å². The Labute approximate surface area is 166 Å².